The van der Waals surface area contributed by atoms with Gasteiger partial charge in [-0.1, -0.05) is 31.2 Å². The minimum Gasteiger partial charge on any atom is -0.294 e. The molecule has 0 bridgehead atoms. The van der Waals surface area contributed by atoms with Crippen molar-refractivity contribution < 1.29 is 14.4 Å². The molecular weight excluding hydrogens is 276 g/mol. The summed E-state index contributed by atoms with van der Waals surface area (Å²) in [4.78, 5) is 37.5. The number of hydrogen-bond donors (Lipinski definition) is 0. The smallest absolute Gasteiger partial charge is 0.194 e. The molecular formula is C19H16O3. The van der Waals surface area contributed by atoms with Crippen molar-refractivity contribution in [2.45, 2.75) is 27.2 Å². The zero-order valence-corrected chi connectivity index (χ0v) is 12.8. The normalized spacial score (nSPS) is 12.9. The Kier molecular flexibility index (Phi) is 3.28. The largest absolute Gasteiger partial charge is 0.294 e. The van der Waals surface area contributed by atoms with Gasteiger partial charge in [-0.2, -0.15) is 0 Å². The Morgan fingerprint density at radius 2 is 1.59 bits per heavy atom. The number of fused-ring (bicyclic) bond motifs is 2. The number of carbonyl (C=O) groups excluding carboxylic acids is 3. The highest BCUT2D eigenvalue weighted by molar-refractivity contribution is 6.29. The molecule has 0 spiro atoms. The van der Waals surface area contributed by atoms with Gasteiger partial charge in [0.15, 0.2) is 17.3 Å². The summed E-state index contributed by atoms with van der Waals surface area (Å²) in [6.07, 6.45) is 0.542. The lowest BCUT2D eigenvalue weighted by Gasteiger charge is -2.22. The van der Waals surface area contributed by atoms with Crippen molar-refractivity contribution in [3.63, 3.8) is 0 Å². The van der Waals surface area contributed by atoms with Gasteiger partial charge in [0.2, 0.25) is 0 Å². The molecule has 0 saturated heterocycles. The molecule has 0 aromatic heterocycles. The van der Waals surface area contributed by atoms with E-state index in [1.807, 2.05) is 13.8 Å². The van der Waals surface area contributed by atoms with Gasteiger partial charge in [-0.05, 0) is 37.5 Å². The summed E-state index contributed by atoms with van der Waals surface area (Å²) in [6, 6.07) is 8.54. The van der Waals surface area contributed by atoms with Gasteiger partial charge in [-0.15, -0.1) is 0 Å². The molecule has 0 aliphatic heterocycles. The van der Waals surface area contributed by atoms with E-state index in [4.69, 9.17) is 0 Å². The molecule has 0 fully saturated rings. The van der Waals surface area contributed by atoms with Crippen molar-refractivity contribution in [3.8, 4) is 0 Å². The molecule has 0 N–H and O–H groups in total. The Labute approximate surface area is 129 Å². The number of ketones is 3. The lowest BCUT2D eigenvalue weighted by atomic mass is 9.78. The summed E-state index contributed by atoms with van der Waals surface area (Å²) in [7, 11) is 0. The van der Waals surface area contributed by atoms with E-state index in [0.29, 0.717) is 39.8 Å². The van der Waals surface area contributed by atoms with Crippen molar-refractivity contribution in [3.05, 3.63) is 69.3 Å². The van der Waals surface area contributed by atoms with Crippen LogP contribution in [0.5, 0.6) is 0 Å². The molecule has 0 unspecified atom stereocenters. The van der Waals surface area contributed by atoms with Gasteiger partial charge in [-0.25, -0.2) is 0 Å². The molecule has 0 amide bonds. The molecule has 1 aliphatic carbocycles. The Morgan fingerprint density at radius 1 is 1.00 bits per heavy atom. The summed E-state index contributed by atoms with van der Waals surface area (Å²) < 4.78 is 0. The highest BCUT2D eigenvalue weighted by atomic mass is 16.1. The summed E-state index contributed by atoms with van der Waals surface area (Å²) in [5.74, 6) is -0.376. The molecule has 110 valence electrons. The number of benzene rings is 2. The van der Waals surface area contributed by atoms with Crippen LogP contribution in [0.1, 0.15) is 67.2 Å². The van der Waals surface area contributed by atoms with Gasteiger partial charge in [0.1, 0.15) is 0 Å². The second kappa shape index (κ2) is 5.02. The van der Waals surface area contributed by atoms with Crippen molar-refractivity contribution in [1.29, 1.82) is 0 Å². The van der Waals surface area contributed by atoms with Gasteiger partial charge in [-0.3, -0.25) is 14.4 Å². The lowest BCUT2D eigenvalue weighted by molar-refractivity contribution is 0.0976. The first kappa shape index (κ1) is 14.4. The Hall–Kier alpha value is -2.55. The van der Waals surface area contributed by atoms with Crippen LogP contribution in [-0.2, 0) is 6.42 Å². The molecule has 0 atom stereocenters. The summed E-state index contributed by atoms with van der Waals surface area (Å²) >= 11 is 0. The van der Waals surface area contributed by atoms with Crippen molar-refractivity contribution in [2.24, 2.45) is 0 Å². The fourth-order valence-electron chi connectivity index (χ4n) is 3.33. The monoisotopic (exact) mass is 292 g/mol. The Bertz CT molecular complexity index is 844. The van der Waals surface area contributed by atoms with Gasteiger partial charge in [0.05, 0.1) is 0 Å². The van der Waals surface area contributed by atoms with E-state index >= 15 is 0 Å². The van der Waals surface area contributed by atoms with E-state index in [9.17, 15) is 14.4 Å². The maximum atomic E-state index is 12.9. The third kappa shape index (κ3) is 1.86. The van der Waals surface area contributed by atoms with Gasteiger partial charge in [0, 0.05) is 27.8 Å². The zero-order valence-electron chi connectivity index (χ0n) is 12.8. The standard InChI is InChI=1S/C19H16O3/c1-4-12-16(11(3)20)10(2)9-15-17(12)19(22)14-8-6-5-7-13(14)18(15)21/h5-9H,4H2,1-3H3. The average Bonchev–Trinajstić information content (AvgIpc) is 2.50. The molecule has 22 heavy (non-hydrogen) atoms. The first-order chi connectivity index (χ1) is 10.5. The Balaban J connectivity index is 2.41. The van der Waals surface area contributed by atoms with Crippen molar-refractivity contribution in [2.75, 3.05) is 0 Å². The first-order valence-electron chi connectivity index (χ1n) is 7.33. The lowest BCUT2D eigenvalue weighted by Crippen LogP contribution is -2.24. The SMILES string of the molecule is CCc1c(C(C)=O)c(C)cc2c1C(=O)c1ccccc1C2=O. The zero-order chi connectivity index (χ0) is 16.0. The summed E-state index contributed by atoms with van der Waals surface area (Å²) in [6.45, 7) is 5.21. The number of Topliss-reactive ketones (excluding diaryl/α,β-unsaturated/α-hetero) is 1. The predicted octanol–water partition coefficient (Wildman–Crippen LogP) is 3.54. The van der Waals surface area contributed by atoms with E-state index in [-0.39, 0.29) is 17.3 Å². The highest BCUT2D eigenvalue weighted by Crippen LogP contribution is 2.33. The van der Waals surface area contributed by atoms with Crippen LogP contribution < -0.4 is 0 Å². The quantitative estimate of drug-likeness (QED) is 0.679. The first-order valence-corrected chi connectivity index (χ1v) is 7.33. The third-order valence-electron chi connectivity index (χ3n) is 4.22. The molecule has 2 aromatic carbocycles. The number of carbonyl (C=O) groups is 3. The topological polar surface area (TPSA) is 51.2 Å². The van der Waals surface area contributed by atoms with E-state index in [1.54, 1.807) is 30.3 Å². The summed E-state index contributed by atoms with van der Waals surface area (Å²) in [5, 5.41) is 0. The van der Waals surface area contributed by atoms with Crippen LogP contribution in [0.3, 0.4) is 0 Å². The number of hydrogen-bond acceptors (Lipinski definition) is 3. The minimum absolute atomic E-state index is 0.0729. The minimum atomic E-state index is -0.162. The van der Waals surface area contributed by atoms with Gasteiger partial charge in [0.25, 0.3) is 0 Å². The fraction of sp³-hybridized carbons (Fsp3) is 0.211. The fourth-order valence-corrected chi connectivity index (χ4v) is 3.33. The van der Waals surface area contributed by atoms with Crippen LogP contribution in [0.25, 0.3) is 0 Å². The maximum absolute atomic E-state index is 12.9. The number of aryl methyl sites for hydroxylation is 1. The number of rotatable bonds is 2. The molecule has 3 nitrogen and oxygen atoms in total. The third-order valence-corrected chi connectivity index (χ3v) is 4.22. The average molecular weight is 292 g/mol. The predicted molar refractivity (Wildman–Crippen MR) is 83.9 cm³/mol. The van der Waals surface area contributed by atoms with Crippen LogP contribution in [-0.4, -0.2) is 17.3 Å². The molecule has 3 rings (SSSR count). The molecule has 0 saturated carbocycles. The van der Waals surface area contributed by atoms with Crippen LogP contribution in [0, 0.1) is 6.92 Å². The molecule has 1 aliphatic rings. The second-order valence-corrected chi connectivity index (χ2v) is 5.58. The van der Waals surface area contributed by atoms with E-state index in [0.717, 1.165) is 5.56 Å². The molecule has 0 heterocycles. The van der Waals surface area contributed by atoms with Crippen LogP contribution in [0.2, 0.25) is 0 Å². The van der Waals surface area contributed by atoms with Crippen LogP contribution in [0.4, 0.5) is 0 Å². The highest BCUT2D eigenvalue weighted by Gasteiger charge is 2.33. The summed E-state index contributed by atoms with van der Waals surface area (Å²) in [5.41, 5.74) is 3.70. The van der Waals surface area contributed by atoms with Crippen LogP contribution in [0.15, 0.2) is 30.3 Å². The second-order valence-electron chi connectivity index (χ2n) is 5.58. The van der Waals surface area contributed by atoms with Gasteiger partial charge >= 0.3 is 0 Å². The molecule has 2 aromatic rings. The van der Waals surface area contributed by atoms with E-state index in [2.05, 4.69) is 0 Å². The van der Waals surface area contributed by atoms with E-state index < -0.39 is 0 Å². The van der Waals surface area contributed by atoms with Crippen LogP contribution >= 0.6 is 0 Å². The van der Waals surface area contributed by atoms with Gasteiger partial charge < -0.3 is 0 Å². The molecule has 3 heteroatoms. The van der Waals surface area contributed by atoms with Crippen molar-refractivity contribution in [1.82, 2.24) is 0 Å². The maximum Gasteiger partial charge on any atom is 0.194 e. The Morgan fingerprint density at radius 3 is 2.14 bits per heavy atom. The van der Waals surface area contributed by atoms with E-state index in [1.165, 1.54) is 6.92 Å². The van der Waals surface area contributed by atoms with Crippen molar-refractivity contribution >= 4 is 17.3 Å². The molecule has 0 radical (unpaired) electrons.